The topological polar surface area (TPSA) is 98.8 Å². The molecule has 1 aliphatic carbocycles. The normalized spacial score (nSPS) is 29.6. The Morgan fingerprint density at radius 1 is 1.17 bits per heavy atom. The van der Waals surface area contributed by atoms with E-state index in [1.54, 1.807) is 4.90 Å². The Bertz CT molecular complexity index is 692. The molecule has 2 unspecified atom stereocenters. The molecular weight excluding hydrogens is 314 g/mol. The highest BCUT2D eigenvalue weighted by molar-refractivity contribution is 5.24. The maximum atomic E-state index is 11.9. The first-order valence-electron chi connectivity index (χ1n) is 7.72. The van der Waals surface area contributed by atoms with Crippen molar-refractivity contribution in [2.24, 2.45) is 0 Å². The number of hydrogen-bond donors (Lipinski definition) is 0. The van der Waals surface area contributed by atoms with Gasteiger partial charge in [0.1, 0.15) is 0 Å². The SMILES string of the molecule is COC1=CCC2([N+](=O)[O-])CN(Cc3ccccc3)CC1([N+](=O)[O-])C2. The van der Waals surface area contributed by atoms with E-state index in [0.717, 1.165) is 5.56 Å². The minimum absolute atomic E-state index is 0.101. The molecule has 8 heteroatoms. The van der Waals surface area contributed by atoms with Gasteiger partial charge < -0.3 is 4.74 Å². The second-order valence-corrected chi connectivity index (χ2v) is 6.55. The number of benzene rings is 1. The molecule has 2 bridgehead atoms. The third-order valence-electron chi connectivity index (χ3n) is 4.96. The van der Waals surface area contributed by atoms with Crippen LogP contribution in [0.2, 0.25) is 0 Å². The first-order chi connectivity index (χ1) is 11.4. The first-order valence-corrected chi connectivity index (χ1v) is 7.72. The fourth-order valence-electron chi connectivity index (χ4n) is 3.91. The molecule has 1 aromatic carbocycles. The van der Waals surface area contributed by atoms with Gasteiger partial charge in [0.25, 0.3) is 5.54 Å². The van der Waals surface area contributed by atoms with Crippen LogP contribution in [0.4, 0.5) is 0 Å². The molecule has 1 aliphatic heterocycles. The summed E-state index contributed by atoms with van der Waals surface area (Å²) in [6, 6.07) is 9.47. The zero-order valence-corrected chi connectivity index (χ0v) is 13.4. The van der Waals surface area contributed by atoms with Gasteiger partial charge >= 0.3 is 0 Å². The molecule has 3 rings (SSSR count). The lowest BCUT2D eigenvalue weighted by Crippen LogP contribution is -2.67. The Morgan fingerprint density at radius 2 is 1.88 bits per heavy atom. The number of hydrogen-bond acceptors (Lipinski definition) is 6. The van der Waals surface area contributed by atoms with Crippen LogP contribution in [-0.4, -0.2) is 46.0 Å². The number of piperidine rings is 1. The van der Waals surface area contributed by atoms with Crippen LogP contribution in [0.15, 0.2) is 42.2 Å². The molecule has 8 nitrogen and oxygen atoms in total. The zero-order valence-electron chi connectivity index (χ0n) is 13.4. The number of likely N-dealkylation sites (tertiary alicyclic amines) is 1. The van der Waals surface area contributed by atoms with Crippen molar-refractivity contribution in [1.29, 1.82) is 0 Å². The summed E-state index contributed by atoms with van der Waals surface area (Å²) in [4.78, 5) is 24.6. The molecule has 2 aliphatic rings. The average molecular weight is 333 g/mol. The predicted octanol–water partition coefficient (Wildman–Crippen LogP) is 1.86. The number of nitro groups is 2. The van der Waals surface area contributed by atoms with Gasteiger partial charge in [-0.2, -0.15) is 0 Å². The largest absolute Gasteiger partial charge is 0.494 e. The summed E-state index contributed by atoms with van der Waals surface area (Å²) in [7, 11) is 1.38. The molecule has 24 heavy (non-hydrogen) atoms. The molecule has 1 fully saturated rings. The lowest BCUT2D eigenvalue weighted by molar-refractivity contribution is -0.624. The average Bonchev–Trinajstić information content (AvgIpc) is 2.55. The van der Waals surface area contributed by atoms with Crippen LogP contribution < -0.4 is 0 Å². The van der Waals surface area contributed by atoms with E-state index < -0.39 is 16.0 Å². The van der Waals surface area contributed by atoms with Crippen molar-refractivity contribution in [3.63, 3.8) is 0 Å². The van der Waals surface area contributed by atoms with Crippen molar-refractivity contribution in [3.8, 4) is 0 Å². The maximum Gasteiger partial charge on any atom is 0.296 e. The third kappa shape index (κ3) is 2.52. The summed E-state index contributed by atoms with van der Waals surface area (Å²) >= 11 is 0. The Morgan fingerprint density at radius 3 is 2.46 bits per heavy atom. The molecule has 1 aromatic rings. The number of fused-ring (bicyclic) bond motifs is 2. The highest BCUT2D eigenvalue weighted by Gasteiger charge is 2.66. The lowest BCUT2D eigenvalue weighted by atomic mass is 9.71. The number of rotatable bonds is 5. The molecule has 128 valence electrons. The van der Waals surface area contributed by atoms with Crippen LogP contribution >= 0.6 is 0 Å². The van der Waals surface area contributed by atoms with Crippen LogP contribution in [-0.2, 0) is 11.3 Å². The molecule has 1 saturated heterocycles. The molecule has 0 radical (unpaired) electrons. The summed E-state index contributed by atoms with van der Waals surface area (Å²) < 4.78 is 5.23. The smallest absolute Gasteiger partial charge is 0.296 e. The van der Waals surface area contributed by atoms with E-state index >= 15 is 0 Å². The quantitative estimate of drug-likeness (QED) is 0.602. The van der Waals surface area contributed by atoms with E-state index in [-0.39, 0.29) is 36.6 Å². The van der Waals surface area contributed by atoms with E-state index in [0.29, 0.717) is 6.54 Å². The summed E-state index contributed by atoms with van der Waals surface area (Å²) in [5, 5.41) is 23.6. The second kappa shape index (κ2) is 5.86. The molecule has 0 aromatic heterocycles. The van der Waals surface area contributed by atoms with Crippen LogP contribution in [0, 0.1) is 20.2 Å². The third-order valence-corrected chi connectivity index (χ3v) is 4.96. The molecule has 0 amide bonds. The van der Waals surface area contributed by atoms with Gasteiger partial charge in [-0.3, -0.25) is 25.1 Å². The lowest BCUT2D eigenvalue weighted by Gasteiger charge is -2.45. The van der Waals surface area contributed by atoms with Crippen molar-refractivity contribution >= 4 is 0 Å². The molecule has 0 spiro atoms. The van der Waals surface area contributed by atoms with Crippen LogP contribution in [0.25, 0.3) is 0 Å². The van der Waals surface area contributed by atoms with Gasteiger partial charge in [0.2, 0.25) is 5.54 Å². The second-order valence-electron chi connectivity index (χ2n) is 6.55. The van der Waals surface area contributed by atoms with Gasteiger partial charge in [0, 0.05) is 22.8 Å². The van der Waals surface area contributed by atoms with Crippen molar-refractivity contribution in [2.75, 3.05) is 20.2 Å². The van der Waals surface area contributed by atoms with E-state index in [1.165, 1.54) is 13.2 Å². The molecular formula is C16H19N3O5. The highest BCUT2D eigenvalue weighted by atomic mass is 16.6. The standard InChI is InChI=1S/C16H19N3O5/c1-24-14-7-8-15(18(20)21)10-16(14,19(22)23)12-17(11-15)9-13-5-3-2-4-6-13/h2-7H,8-12H2,1H3. The summed E-state index contributed by atoms with van der Waals surface area (Å²) in [5.74, 6) is 0.225. The maximum absolute atomic E-state index is 11.9. The van der Waals surface area contributed by atoms with Crippen LogP contribution in [0.1, 0.15) is 18.4 Å². The van der Waals surface area contributed by atoms with Gasteiger partial charge in [-0.15, -0.1) is 0 Å². The fourth-order valence-corrected chi connectivity index (χ4v) is 3.91. The highest BCUT2D eigenvalue weighted by Crippen LogP contribution is 2.44. The van der Waals surface area contributed by atoms with Crippen molar-refractivity contribution < 1.29 is 14.6 Å². The number of methoxy groups -OCH3 is 1. The van der Waals surface area contributed by atoms with Gasteiger partial charge in [0.15, 0.2) is 5.76 Å². The summed E-state index contributed by atoms with van der Waals surface area (Å²) in [5.41, 5.74) is -1.94. The molecule has 0 N–H and O–H groups in total. The van der Waals surface area contributed by atoms with Crippen LogP contribution in [0.5, 0.6) is 0 Å². The van der Waals surface area contributed by atoms with E-state index in [9.17, 15) is 20.2 Å². The fraction of sp³-hybridized carbons (Fsp3) is 0.500. The number of ether oxygens (including phenoxy) is 1. The Hall–Kier alpha value is -2.48. The molecule has 2 atom stereocenters. The van der Waals surface area contributed by atoms with E-state index in [4.69, 9.17) is 4.74 Å². The van der Waals surface area contributed by atoms with Crippen molar-refractivity contribution in [1.82, 2.24) is 4.90 Å². The van der Waals surface area contributed by atoms with Gasteiger partial charge in [-0.05, 0) is 11.6 Å². The Labute approximate surface area is 139 Å². The van der Waals surface area contributed by atoms with Crippen LogP contribution in [0.3, 0.4) is 0 Å². The first kappa shape index (κ1) is 16.4. The summed E-state index contributed by atoms with van der Waals surface area (Å²) in [6.07, 6.45) is 1.53. The zero-order chi connectivity index (χ0) is 17.4. The van der Waals surface area contributed by atoms with Crippen molar-refractivity contribution in [3.05, 3.63) is 68.0 Å². The van der Waals surface area contributed by atoms with E-state index in [2.05, 4.69) is 0 Å². The van der Waals surface area contributed by atoms with Gasteiger partial charge in [0.05, 0.1) is 26.6 Å². The monoisotopic (exact) mass is 333 g/mol. The van der Waals surface area contributed by atoms with Crippen molar-refractivity contribution in [2.45, 2.75) is 30.5 Å². The van der Waals surface area contributed by atoms with E-state index in [1.807, 2.05) is 30.3 Å². The Kier molecular flexibility index (Phi) is 4.00. The van der Waals surface area contributed by atoms with Gasteiger partial charge in [-0.25, -0.2) is 0 Å². The molecule has 1 heterocycles. The Balaban J connectivity index is 1.99. The minimum atomic E-state index is -1.56. The molecule has 0 saturated carbocycles. The summed E-state index contributed by atoms with van der Waals surface area (Å²) in [6.45, 7) is 0.727. The number of nitrogens with zero attached hydrogens (tertiary/aromatic N) is 3. The predicted molar refractivity (Wildman–Crippen MR) is 85.5 cm³/mol. The minimum Gasteiger partial charge on any atom is -0.494 e. The van der Waals surface area contributed by atoms with Gasteiger partial charge in [-0.1, -0.05) is 30.3 Å².